The van der Waals surface area contributed by atoms with E-state index in [-0.39, 0.29) is 5.91 Å². The molecule has 4 aromatic rings. The number of nitrogens with zero attached hydrogens (tertiary/aromatic N) is 5. The second kappa shape index (κ2) is 8.68. The van der Waals surface area contributed by atoms with Gasteiger partial charge in [-0.3, -0.25) is 9.36 Å². The van der Waals surface area contributed by atoms with Crippen molar-refractivity contribution in [3.05, 3.63) is 65.3 Å². The first kappa shape index (κ1) is 20.1. The van der Waals surface area contributed by atoms with Crippen LogP contribution in [0.4, 0.5) is 5.69 Å². The molecule has 2 aromatic heterocycles. The molecular formula is C20H17ClN6O2S. The molecular weight excluding hydrogens is 424 g/mol. The fraction of sp³-hybridized carbons (Fsp3) is 0.150. The Hall–Kier alpha value is -3.17. The van der Waals surface area contributed by atoms with Crippen LogP contribution < -0.4 is 5.32 Å². The van der Waals surface area contributed by atoms with Crippen LogP contribution in [0.2, 0.25) is 5.02 Å². The predicted octanol–water partition coefficient (Wildman–Crippen LogP) is 4.53. The molecule has 0 atom stereocenters. The molecule has 8 nitrogen and oxygen atoms in total. The number of aryl methyl sites for hydroxylation is 1. The van der Waals surface area contributed by atoms with Gasteiger partial charge in [0.1, 0.15) is 5.82 Å². The second-order valence-electron chi connectivity index (χ2n) is 6.37. The summed E-state index contributed by atoms with van der Waals surface area (Å²) in [6.07, 6.45) is 0. The van der Waals surface area contributed by atoms with Gasteiger partial charge in [0.05, 0.1) is 22.0 Å². The first-order chi connectivity index (χ1) is 14.5. The van der Waals surface area contributed by atoms with Crippen molar-refractivity contribution < 1.29 is 9.21 Å². The molecule has 10 heteroatoms. The van der Waals surface area contributed by atoms with E-state index in [0.29, 0.717) is 39.0 Å². The third-order valence-electron chi connectivity index (χ3n) is 4.12. The number of amides is 1. The standard InChI is InChI=1S/C20H17ClN6O2S/c1-12-23-26-20(27(12)15-7-5-6-14(10-15)22-13(2)28)30-11-18-24-25-19(29-18)16-8-3-4-9-17(16)21/h3-10H,11H2,1-2H3,(H,22,28). The van der Waals surface area contributed by atoms with Gasteiger partial charge in [-0.25, -0.2) is 0 Å². The number of halogens is 1. The van der Waals surface area contributed by atoms with E-state index in [9.17, 15) is 4.79 Å². The number of nitrogens with one attached hydrogen (secondary N) is 1. The van der Waals surface area contributed by atoms with Gasteiger partial charge >= 0.3 is 0 Å². The molecule has 1 amide bonds. The summed E-state index contributed by atoms with van der Waals surface area (Å²) in [6, 6.07) is 14.8. The highest BCUT2D eigenvalue weighted by Gasteiger charge is 2.16. The Kier molecular flexibility index (Phi) is 5.82. The zero-order chi connectivity index (χ0) is 21.1. The van der Waals surface area contributed by atoms with E-state index in [1.165, 1.54) is 18.7 Å². The van der Waals surface area contributed by atoms with Crippen LogP contribution >= 0.6 is 23.4 Å². The maximum Gasteiger partial charge on any atom is 0.249 e. The van der Waals surface area contributed by atoms with Crippen molar-refractivity contribution >= 4 is 35.0 Å². The highest BCUT2D eigenvalue weighted by Crippen LogP contribution is 2.29. The first-order valence-corrected chi connectivity index (χ1v) is 10.4. The van der Waals surface area contributed by atoms with Gasteiger partial charge < -0.3 is 9.73 Å². The minimum atomic E-state index is -0.132. The molecule has 0 spiro atoms. The summed E-state index contributed by atoms with van der Waals surface area (Å²) in [5.74, 6) is 1.83. The minimum Gasteiger partial charge on any atom is -0.420 e. The first-order valence-electron chi connectivity index (χ1n) is 9.01. The average Bonchev–Trinajstić information content (AvgIpc) is 3.33. The molecule has 4 rings (SSSR count). The van der Waals surface area contributed by atoms with Crippen LogP contribution in [-0.4, -0.2) is 30.9 Å². The number of hydrogen-bond acceptors (Lipinski definition) is 7. The largest absolute Gasteiger partial charge is 0.420 e. The monoisotopic (exact) mass is 440 g/mol. The van der Waals surface area contributed by atoms with Gasteiger partial charge in [0, 0.05) is 12.6 Å². The van der Waals surface area contributed by atoms with E-state index in [2.05, 4.69) is 25.7 Å². The van der Waals surface area contributed by atoms with Crippen LogP contribution in [0.15, 0.2) is 58.1 Å². The van der Waals surface area contributed by atoms with E-state index < -0.39 is 0 Å². The van der Waals surface area contributed by atoms with Crippen LogP contribution in [-0.2, 0) is 10.5 Å². The molecule has 0 aliphatic rings. The van der Waals surface area contributed by atoms with E-state index in [1.807, 2.05) is 54.0 Å². The summed E-state index contributed by atoms with van der Waals surface area (Å²) in [5, 5.41) is 20.6. The van der Waals surface area contributed by atoms with E-state index >= 15 is 0 Å². The number of carbonyl (C=O) groups excluding carboxylic acids is 1. The van der Waals surface area contributed by atoms with E-state index in [4.69, 9.17) is 16.0 Å². The highest BCUT2D eigenvalue weighted by molar-refractivity contribution is 7.98. The Morgan fingerprint density at radius 1 is 1.13 bits per heavy atom. The van der Waals surface area contributed by atoms with E-state index in [1.54, 1.807) is 6.07 Å². The molecule has 1 N–H and O–H groups in total. The fourth-order valence-corrected chi connectivity index (χ4v) is 3.89. The smallest absolute Gasteiger partial charge is 0.249 e. The second-order valence-corrected chi connectivity index (χ2v) is 7.72. The third kappa shape index (κ3) is 4.37. The number of aromatic nitrogens is 5. The lowest BCUT2D eigenvalue weighted by molar-refractivity contribution is -0.114. The van der Waals surface area contributed by atoms with Gasteiger partial charge in [0.2, 0.25) is 17.7 Å². The number of hydrogen-bond donors (Lipinski definition) is 1. The summed E-state index contributed by atoms with van der Waals surface area (Å²) in [5.41, 5.74) is 2.23. The molecule has 0 fully saturated rings. The van der Waals surface area contributed by atoms with Crippen LogP contribution in [0.3, 0.4) is 0 Å². The third-order valence-corrected chi connectivity index (χ3v) is 5.36. The van der Waals surface area contributed by atoms with Crippen LogP contribution in [0, 0.1) is 6.92 Å². The number of thioether (sulfide) groups is 1. The summed E-state index contributed by atoms with van der Waals surface area (Å²) < 4.78 is 7.66. The quantitative estimate of drug-likeness (QED) is 0.439. The van der Waals surface area contributed by atoms with Crippen LogP contribution in [0.25, 0.3) is 17.1 Å². The van der Waals surface area contributed by atoms with E-state index in [0.717, 1.165) is 11.5 Å². The molecule has 0 bridgehead atoms. The number of benzene rings is 2. The lowest BCUT2D eigenvalue weighted by Gasteiger charge is -2.10. The molecule has 0 unspecified atom stereocenters. The Morgan fingerprint density at radius 2 is 1.97 bits per heavy atom. The summed E-state index contributed by atoms with van der Waals surface area (Å²) >= 11 is 7.62. The van der Waals surface area contributed by atoms with Gasteiger partial charge in [-0.05, 0) is 37.3 Å². The Morgan fingerprint density at radius 3 is 2.77 bits per heavy atom. The topological polar surface area (TPSA) is 98.7 Å². The zero-order valence-corrected chi connectivity index (χ0v) is 17.7. The van der Waals surface area contributed by atoms with Gasteiger partial charge in [-0.2, -0.15) is 0 Å². The van der Waals surface area contributed by atoms with Crippen molar-refractivity contribution in [1.29, 1.82) is 0 Å². The summed E-state index contributed by atoms with van der Waals surface area (Å²) in [4.78, 5) is 11.4. The molecule has 0 radical (unpaired) electrons. The van der Waals surface area contributed by atoms with Crippen molar-refractivity contribution in [3.8, 4) is 17.1 Å². The fourth-order valence-electron chi connectivity index (χ4n) is 2.84. The molecule has 2 aromatic carbocycles. The summed E-state index contributed by atoms with van der Waals surface area (Å²) in [7, 11) is 0. The number of rotatable bonds is 6. The van der Waals surface area contributed by atoms with Crippen LogP contribution in [0.1, 0.15) is 18.6 Å². The highest BCUT2D eigenvalue weighted by atomic mass is 35.5. The lowest BCUT2D eigenvalue weighted by atomic mass is 10.2. The van der Waals surface area contributed by atoms with Crippen molar-refractivity contribution in [2.24, 2.45) is 0 Å². The lowest BCUT2D eigenvalue weighted by Crippen LogP contribution is -2.07. The molecule has 0 saturated heterocycles. The molecule has 152 valence electrons. The van der Waals surface area contributed by atoms with Crippen molar-refractivity contribution in [2.75, 3.05) is 5.32 Å². The van der Waals surface area contributed by atoms with Gasteiger partial charge in [-0.1, -0.05) is 41.6 Å². The van der Waals surface area contributed by atoms with Crippen molar-refractivity contribution in [3.63, 3.8) is 0 Å². The van der Waals surface area contributed by atoms with Gasteiger partial charge in [-0.15, -0.1) is 20.4 Å². The molecule has 0 aliphatic carbocycles. The summed E-state index contributed by atoms with van der Waals surface area (Å²) in [6.45, 7) is 3.34. The van der Waals surface area contributed by atoms with Crippen molar-refractivity contribution in [1.82, 2.24) is 25.0 Å². The molecule has 0 aliphatic heterocycles. The Balaban J connectivity index is 1.54. The zero-order valence-electron chi connectivity index (χ0n) is 16.2. The average molecular weight is 441 g/mol. The predicted molar refractivity (Wildman–Crippen MR) is 115 cm³/mol. The van der Waals surface area contributed by atoms with Gasteiger partial charge in [0.25, 0.3) is 0 Å². The molecule has 30 heavy (non-hydrogen) atoms. The van der Waals surface area contributed by atoms with Crippen LogP contribution in [0.5, 0.6) is 0 Å². The molecule has 0 saturated carbocycles. The maximum absolute atomic E-state index is 11.4. The minimum absolute atomic E-state index is 0.132. The van der Waals surface area contributed by atoms with Gasteiger partial charge in [0.15, 0.2) is 5.16 Å². The normalized spacial score (nSPS) is 10.9. The Bertz CT molecular complexity index is 1210. The number of carbonyl (C=O) groups is 1. The Labute approximate surface area is 181 Å². The number of anilines is 1. The van der Waals surface area contributed by atoms with Crippen molar-refractivity contribution in [2.45, 2.75) is 24.8 Å². The molecule has 2 heterocycles. The SMILES string of the molecule is CC(=O)Nc1cccc(-n2c(C)nnc2SCc2nnc(-c3ccccc3Cl)o2)c1. The maximum atomic E-state index is 11.4.